The smallest absolute Gasteiger partial charge is 0.244 e. The quantitative estimate of drug-likeness (QED) is 0.723. The van der Waals surface area contributed by atoms with Crippen LogP contribution >= 0.6 is 0 Å². The molecule has 6 heteroatoms. The average molecular weight is 309 g/mol. The summed E-state index contributed by atoms with van der Waals surface area (Å²) in [7, 11) is 1.89. The monoisotopic (exact) mass is 309 g/mol. The van der Waals surface area contributed by atoms with E-state index in [4.69, 9.17) is 0 Å². The normalized spacial score (nSPS) is 14.3. The molecule has 3 heterocycles. The van der Waals surface area contributed by atoms with Gasteiger partial charge in [-0.3, -0.25) is 14.2 Å². The molecule has 0 unspecified atom stereocenters. The molecule has 4 rings (SSSR count). The molecule has 0 aliphatic carbocycles. The number of nitrogens with zero attached hydrogens (tertiary/aromatic N) is 5. The highest BCUT2D eigenvalue weighted by Crippen LogP contribution is 2.19. The number of carbonyl (C=O) groups excluding carboxylic acids is 1. The molecule has 1 aliphatic rings. The number of hydrogen-bond donors (Lipinski definition) is 0. The minimum Gasteiger partial charge on any atom is -0.336 e. The number of rotatable bonds is 2. The Kier molecular flexibility index (Phi) is 3.18. The predicted molar refractivity (Wildman–Crippen MR) is 86.8 cm³/mol. The molecule has 0 N–H and O–H groups in total. The van der Waals surface area contributed by atoms with Gasteiger partial charge in [-0.05, 0) is 24.5 Å². The Morgan fingerprint density at radius 1 is 1.22 bits per heavy atom. The number of aryl methyl sites for hydroxylation is 2. The highest BCUT2D eigenvalue weighted by molar-refractivity contribution is 5.79. The minimum absolute atomic E-state index is 0.109. The van der Waals surface area contributed by atoms with Crippen LogP contribution in [0.25, 0.3) is 11.0 Å². The first kappa shape index (κ1) is 14.0. The summed E-state index contributed by atoms with van der Waals surface area (Å²) in [6.45, 7) is 3.67. The molecule has 2 aromatic heterocycles. The molecule has 1 aliphatic heterocycles. The van der Waals surface area contributed by atoms with Gasteiger partial charge in [-0.25, -0.2) is 0 Å². The van der Waals surface area contributed by atoms with Crippen molar-refractivity contribution in [1.29, 1.82) is 0 Å². The van der Waals surface area contributed by atoms with Gasteiger partial charge in [0.25, 0.3) is 0 Å². The van der Waals surface area contributed by atoms with E-state index in [1.807, 2.05) is 31.1 Å². The summed E-state index contributed by atoms with van der Waals surface area (Å²) in [4.78, 5) is 14.5. The Morgan fingerprint density at radius 2 is 2.00 bits per heavy atom. The van der Waals surface area contributed by atoms with Crippen molar-refractivity contribution in [3.05, 3.63) is 47.3 Å². The lowest BCUT2D eigenvalue weighted by Crippen LogP contribution is -2.38. The summed E-state index contributed by atoms with van der Waals surface area (Å²) >= 11 is 0. The number of fused-ring (bicyclic) bond motifs is 2. The number of carbonyl (C=O) groups is 1. The Bertz CT molecular complexity index is 857. The standard InChI is InChI=1S/C17H19N5O/c1-12-17-15(20(2)18-12)10-22(19-17)11-16(23)21-8-7-13-5-3-4-6-14(13)9-21/h3-6,10H,7-9,11H2,1-2H3. The molecule has 0 spiro atoms. The second kappa shape index (κ2) is 5.22. The molecule has 6 nitrogen and oxygen atoms in total. The Hall–Kier alpha value is -2.63. The molecule has 0 bridgehead atoms. The molecule has 1 aromatic carbocycles. The van der Waals surface area contributed by atoms with Crippen molar-refractivity contribution in [3.63, 3.8) is 0 Å². The fraction of sp³-hybridized carbons (Fsp3) is 0.353. The number of benzene rings is 1. The van der Waals surface area contributed by atoms with E-state index in [-0.39, 0.29) is 12.5 Å². The number of hydrogen-bond acceptors (Lipinski definition) is 3. The first-order valence-electron chi connectivity index (χ1n) is 7.83. The van der Waals surface area contributed by atoms with Crippen LogP contribution in [0.5, 0.6) is 0 Å². The maximum Gasteiger partial charge on any atom is 0.244 e. The van der Waals surface area contributed by atoms with E-state index in [2.05, 4.69) is 28.4 Å². The van der Waals surface area contributed by atoms with Crippen LogP contribution in [0, 0.1) is 6.92 Å². The van der Waals surface area contributed by atoms with Crippen molar-refractivity contribution in [3.8, 4) is 0 Å². The predicted octanol–water partition coefficient (Wildman–Crippen LogP) is 1.66. The maximum absolute atomic E-state index is 12.6. The third-order valence-electron chi connectivity index (χ3n) is 4.51. The van der Waals surface area contributed by atoms with Gasteiger partial charge in [0.1, 0.15) is 17.6 Å². The molecule has 23 heavy (non-hydrogen) atoms. The van der Waals surface area contributed by atoms with Crippen LogP contribution in [0.3, 0.4) is 0 Å². The van der Waals surface area contributed by atoms with Gasteiger partial charge in [-0.15, -0.1) is 0 Å². The maximum atomic E-state index is 12.6. The van der Waals surface area contributed by atoms with Crippen molar-refractivity contribution in [2.24, 2.45) is 7.05 Å². The number of amides is 1. The molecule has 118 valence electrons. The lowest BCUT2D eigenvalue weighted by molar-refractivity contribution is -0.132. The van der Waals surface area contributed by atoms with Crippen LogP contribution in [0.15, 0.2) is 30.5 Å². The van der Waals surface area contributed by atoms with E-state index < -0.39 is 0 Å². The van der Waals surface area contributed by atoms with Gasteiger partial charge in [0, 0.05) is 20.1 Å². The van der Waals surface area contributed by atoms with Gasteiger partial charge >= 0.3 is 0 Å². The lowest BCUT2D eigenvalue weighted by Gasteiger charge is -2.28. The van der Waals surface area contributed by atoms with Gasteiger partial charge in [0.05, 0.1) is 11.9 Å². The topological polar surface area (TPSA) is 56.0 Å². The molecule has 0 saturated heterocycles. The Morgan fingerprint density at radius 3 is 2.78 bits per heavy atom. The van der Waals surface area contributed by atoms with Crippen molar-refractivity contribution >= 4 is 16.9 Å². The zero-order valence-electron chi connectivity index (χ0n) is 13.4. The van der Waals surface area contributed by atoms with E-state index in [9.17, 15) is 4.79 Å². The third-order valence-corrected chi connectivity index (χ3v) is 4.51. The van der Waals surface area contributed by atoms with Gasteiger partial charge in [-0.2, -0.15) is 10.2 Å². The summed E-state index contributed by atoms with van der Waals surface area (Å²) in [5.41, 5.74) is 5.31. The van der Waals surface area contributed by atoms with Crippen molar-refractivity contribution in [2.75, 3.05) is 6.54 Å². The SMILES string of the molecule is Cc1nn(C)c2cn(CC(=O)N3CCc4ccccc4C3)nc12. The lowest BCUT2D eigenvalue weighted by atomic mass is 10.00. The first-order valence-corrected chi connectivity index (χ1v) is 7.83. The third kappa shape index (κ3) is 2.40. The summed E-state index contributed by atoms with van der Waals surface area (Å²) in [5, 5.41) is 8.83. The molecule has 3 aromatic rings. The average Bonchev–Trinajstić information content (AvgIpc) is 3.08. The zero-order valence-corrected chi connectivity index (χ0v) is 13.4. The number of aromatic nitrogens is 4. The zero-order chi connectivity index (χ0) is 16.0. The highest BCUT2D eigenvalue weighted by Gasteiger charge is 2.21. The van der Waals surface area contributed by atoms with Crippen LogP contribution in [-0.4, -0.2) is 36.9 Å². The molecule has 0 radical (unpaired) electrons. The van der Waals surface area contributed by atoms with Gasteiger partial charge in [0.15, 0.2) is 0 Å². The van der Waals surface area contributed by atoms with Crippen molar-refractivity contribution in [1.82, 2.24) is 24.5 Å². The summed E-state index contributed by atoms with van der Waals surface area (Å²) in [6.07, 6.45) is 2.82. The second-order valence-electron chi connectivity index (χ2n) is 6.10. The summed E-state index contributed by atoms with van der Waals surface area (Å²) in [5.74, 6) is 0.109. The van der Waals surface area contributed by atoms with E-state index in [0.717, 1.165) is 29.7 Å². The van der Waals surface area contributed by atoms with Gasteiger partial charge in [0.2, 0.25) is 5.91 Å². The molecular weight excluding hydrogens is 290 g/mol. The molecule has 0 fully saturated rings. The van der Waals surface area contributed by atoms with Crippen molar-refractivity contribution in [2.45, 2.75) is 26.4 Å². The van der Waals surface area contributed by atoms with Crippen LogP contribution in [0.2, 0.25) is 0 Å². The van der Waals surface area contributed by atoms with E-state index in [1.54, 1.807) is 9.36 Å². The molecular formula is C17H19N5O. The van der Waals surface area contributed by atoms with E-state index in [1.165, 1.54) is 11.1 Å². The largest absolute Gasteiger partial charge is 0.336 e. The molecule has 1 amide bonds. The van der Waals surface area contributed by atoms with Gasteiger partial charge in [-0.1, -0.05) is 24.3 Å². The Balaban J connectivity index is 1.52. The first-order chi connectivity index (χ1) is 11.1. The van der Waals surface area contributed by atoms with Gasteiger partial charge < -0.3 is 4.90 Å². The summed E-state index contributed by atoms with van der Waals surface area (Å²) < 4.78 is 3.53. The minimum atomic E-state index is 0.109. The molecule has 0 atom stereocenters. The highest BCUT2D eigenvalue weighted by atomic mass is 16.2. The Labute approximate surface area is 134 Å². The van der Waals surface area contributed by atoms with Crippen LogP contribution < -0.4 is 0 Å². The second-order valence-corrected chi connectivity index (χ2v) is 6.10. The van der Waals surface area contributed by atoms with E-state index >= 15 is 0 Å². The fourth-order valence-electron chi connectivity index (χ4n) is 3.26. The van der Waals surface area contributed by atoms with Crippen LogP contribution in [0.1, 0.15) is 16.8 Å². The van der Waals surface area contributed by atoms with Crippen LogP contribution in [0.4, 0.5) is 0 Å². The van der Waals surface area contributed by atoms with Crippen molar-refractivity contribution < 1.29 is 4.79 Å². The fourth-order valence-corrected chi connectivity index (χ4v) is 3.26. The summed E-state index contributed by atoms with van der Waals surface area (Å²) in [6, 6.07) is 8.34. The van der Waals surface area contributed by atoms with Crippen LogP contribution in [-0.2, 0) is 31.4 Å². The van der Waals surface area contributed by atoms with E-state index in [0.29, 0.717) is 6.54 Å². The molecule has 0 saturated carbocycles.